The van der Waals surface area contributed by atoms with Gasteiger partial charge in [-0.25, -0.2) is 0 Å². The summed E-state index contributed by atoms with van der Waals surface area (Å²) < 4.78 is 5.24. The van der Waals surface area contributed by atoms with Crippen LogP contribution in [0.1, 0.15) is 0 Å². The quantitative estimate of drug-likeness (QED) is 0.685. The lowest BCUT2D eigenvalue weighted by molar-refractivity contribution is 0.145. The van der Waals surface area contributed by atoms with Gasteiger partial charge in [-0.2, -0.15) is 0 Å². The molecule has 0 radical (unpaired) electrons. The maximum Gasteiger partial charge on any atom is 0.119 e. The number of hydrogen-bond donors (Lipinski definition) is 1. The van der Waals surface area contributed by atoms with Crippen LogP contribution >= 0.6 is 0 Å². The molecule has 0 aromatic heterocycles. The van der Waals surface area contributed by atoms with Crippen LogP contribution in [0.5, 0.6) is 5.75 Å². The lowest BCUT2D eigenvalue weighted by Gasteiger charge is -2.07. The van der Waals surface area contributed by atoms with Gasteiger partial charge in [-0.15, -0.1) is 6.58 Å². The Bertz CT molecular complexity index is 231. The summed E-state index contributed by atoms with van der Waals surface area (Å²) in [6.45, 7) is 3.70. The summed E-state index contributed by atoms with van der Waals surface area (Å²) in [6, 6.07) is 9.37. The predicted molar refractivity (Wildman–Crippen MR) is 48.1 cm³/mol. The molecular formula is C10H12O2. The lowest BCUT2D eigenvalue weighted by Crippen LogP contribution is -2.13. The van der Waals surface area contributed by atoms with Crippen molar-refractivity contribution in [2.45, 2.75) is 6.10 Å². The summed E-state index contributed by atoms with van der Waals surface area (Å²) in [5, 5.41) is 9.08. The van der Waals surface area contributed by atoms with Crippen molar-refractivity contribution in [1.29, 1.82) is 0 Å². The third-order valence-electron chi connectivity index (χ3n) is 1.44. The minimum Gasteiger partial charge on any atom is -0.491 e. The molecule has 1 N–H and O–H groups in total. The first-order valence-corrected chi connectivity index (χ1v) is 3.81. The standard InChI is InChI=1S/C10H12O2/c1-2-9(11)8-12-10-6-4-3-5-7-10/h2-7,9,11H,1,8H2/t9-/m0/s1. The first kappa shape index (κ1) is 8.81. The zero-order valence-electron chi connectivity index (χ0n) is 6.81. The van der Waals surface area contributed by atoms with Crippen LogP contribution in [-0.4, -0.2) is 17.8 Å². The minimum absolute atomic E-state index is 0.257. The van der Waals surface area contributed by atoms with Crippen molar-refractivity contribution in [2.75, 3.05) is 6.61 Å². The molecule has 1 atom stereocenters. The molecule has 0 bridgehead atoms. The molecule has 2 nitrogen and oxygen atoms in total. The molecule has 0 unspecified atom stereocenters. The third kappa shape index (κ3) is 2.76. The lowest BCUT2D eigenvalue weighted by atomic mass is 10.3. The highest BCUT2D eigenvalue weighted by Gasteiger charge is 1.97. The van der Waals surface area contributed by atoms with E-state index >= 15 is 0 Å². The molecule has 1 aromatic rings. The zero-order valence-corrected chi connectivity index (χ0v) is 6.81. The van der Waals surface area contributed by atoms with Crippen LogP contribution in [0.3, 0.4) is 0 Å². The summed E-state index contributed by atoms with van der Waals surface area (Å²) in [5.74, 6) is 0.762. The molecule has 0 aliphatic rings. The van der Waals surface area contributed by atoms with Crippen LogP contribution < -0.4 is 4.74 Å². The Labute approximate surface area is 72.1 Å². The van der Waals surface area contributed by atoms with Crippen molar-refractivity contribution in [2.24, 2.45) is 0 Å². The van der Waals surface area contributed by atoms with Crippen LogP contribution in [0.2, 0.25) is 0 Å². The number of aliphatic hydroxyl groups is 1. The number of rotatable bonds is 4. The Morgan fingerprint density at radius 3 is 2.67 bits per heavy atom. The van der Waals surface area contributed by atoms with E-state index in [1.807, 2.05) is 30.3 Å². The van der Waals surface area contributed by atoms with Crippen molar-refractivity contribution in [1.82, 2.24) is 0 Å². The second kappa shape index (κ2) is 4.57. The molecule has 0 aliphatic carbocycles. The Kier molecular flexibility index (Phi) is 3.35. The fraction of sp³-hybridized carbons (Fsp3) is 0.200. The van der Waals surface area contributed by atoms with E-state index in [-0.39, 0.29) is 6.61 Å². The maximum absolute atomic E-state index is 9.08. The summed E-state index contributed by atoms with van der Waals surface area (Å²) in [7, 11) is 0. The highest BCUT2D eigenvalue weighted by atomic mass is 16.5. The molecule has 0 saturated heterocycles. The molecule has 64 valence electrons. The first-order chi connectivity index (χ1) is 5.83. The Balaban J connectivity index is 2.38. The van der Waals surface area contributed by atoms with Gasteiger partial charge < -0.3 is 9.84 Å². The molecule has 0 spiro atoms. The fourth-order valence-corrected chi connectivity index (χ4v) is 0.766. The summed E-state index contributed by atoms with van der Waals surface area (Å²) in [5.41, 5.74) is 0. The van der Waals surface area contributed by atoms with Crippen molar-refractivity contribution in [3.8, 4) is 5.75 Å². The summed E-state index contributed by atoms with van der Waals surface area (Å²) in [4.78, 5) is 0. The fourth-order valence-electron chi connectivity index (χ4n) is 0.766. The Morgan fingerprint density at radius 1 is 1.42 bits per heavy atom. The van der Waals surface area contributed by atoms with Gasteiger partial charge in [0.05, 0.1) is 0 Å². The van der Waals surface area contributed by atoms with Crippen LogP contribution in [-0.2, 0) is 0 Å². The largest absolute Gasteiger partial charge is 0.491 e. The van der Waals surface area contributed by atoms with Gasteiger partial charge in [0, 0.05) is 0 Å². The number of hydrogen-bond acceptors (Lipinski definition) is 2. The highest BCUT2D eigenvalue weighted by molar-refractivity contribution is 5.20. The van der Waals surface area contributed by atoms with E-state index in [0.717, 1.165) is 5.75 Å². The van der Waals surface area contributed by atoms with Gasteiger partial charge in [0.1, 0.15) is 18.5 Å². The normalized spacial score (nSPS) is 12.1. The van der Waals surface area contributed by atoms with Crippen LogP contribution in [0.4, 0.5) is 0 Å². The monoisotopic (exact) mass is 164 g/mol. The number of para-hydroxylation sites is 1. The van der Waals surface area contributed by atoms with E-state index in [2.05, 4.69) is 6.58 Å². The molecule has 0 heterocycles. The minimum atomic E-state index is -0.592. The van der Waals surface area contributed by atoms with E-state index in [1.165, 1.54) is 6.08 Å². The molecule has 1 rings (SSSR count). The van der Waals surface area contributed by atoms with E-state index in [0.29, 0.717) is 0 Å². The first-order valence-electron chi connectivity index (χ1n) is 3.81. The van der Waals surface area contributed by atoms with Gasteiger partial charge in [0.15, 0.2) is 0 Å². The molecule has 0 saturated carbocycles. The summed E-state index contributed by atoms with van der Waals surface area (Å²) >= 11 is 0. The van der Waals surface area contributed by atoms with Crippen LogP contribution in [0.25, 0.3) is 0 Å². The average Bonchev–Trinajstić information content (AvgIpc) is 2.16. The van der Waals surface area contributed by atoms with E-state index in [4.69, 9.17) is 9.84 Å². The maximum atomic E-state index is 9.08. The molecule has 2 heteroatoms. The molecule has 0 fully saturated rings. The zero-order chi connectivity index (χ0) is 8.81. The van der Waals surface area contributed by atoms with Gasteiger partial charge in [0.2, 0.25) is 0 Å². The van der Waals surface area contributed by atoms with Gasteiger partial charge in [-0.1, -0.05) is 24.3 Å². The molecular weight excluding hydrogens is 152 g/mol. The Morgan fingerprint density at radius 2 is 2.08 bits per heavy atom. The van der Waals surface area contributed by atoms with E-state index < -0.39 is 6.10 Å². The van der Waals surface area contributed by atoms with Crippen molar-refractivity contribution in [3.63, 3.8) is 0 Å². The van der Waals surface area contributed by atoms with Gasteiger partial charge in [-0.3, -0.25) is 0 Å². The van der Waals surface area contributed by atoms with Gasteiger partial charge in [-0.05, 0) is 12.1 Å². The van der Waals surface area contributed by atoms with Crippen molar-refractivity contribution >= 4 is 0 Å². The van der Waals surface area contributed by atoms with E-state index in [9.17, 15) is 0 Å². The summed E-state index contributed by atoms with van der Waals surface area (Å²) in [6.07, 6.45) is 0.855. The second-order valence-electron chi connectivity index (χ2n) is 2.43. The third-order valence-corrected chi connectivity index (χ3v) is 1.44. The molecule has 1 aromatic carbocycles. The second-order valence-corrected chi connectivity index (χ2v) is 2.43. The topological polar surface area (TPSA) is 29.5 Å². The number of benzene rings is 1. The van der Waals surface area contributed by atoms with Crippen LogP contribution in [0, 0.1) is 0 Å². The van der Waals surface area contributed by atoms with Gasteiger partial charge >= 0.3 is 0 Å². The number of ether oxygens (including phenoxy) is 1. The van der Waals surface area contributed by atoms with Gasteiger partial charge in [0.25, 0.3) is 0 Å². The predicted octanol–water partition coefficient (Wildman–Crippen LogP) is 1.61. The highest BCUT2D eigenvalue weighted by Crippen LogP contribution is 2.08. The van der Waals surface area contributed by atoms with E-state index in [1.54, 1.807) is 0 Å². The average molecular weight is 164 g/mol. The molecule has 12 heavy (non-hydrogen) atoms. The molecule has 0 aliphatic heterocycles. The SMILES string of the molecule is C=C[C@H](O)COc1ccccc1. The van der Waals surface area contributed by atoms with Crippen LogP contribution in [0.15, 0.2) is 43.0 Å². The Hall–Kier alpha value is -1.28. The van der Waals surface area contributed by atoms with Crippen molar-refractivity contribution in [3.05, 3.63) is 43.0 Å². The molecule has 0 amide bonds. The number of aliphatic hydroxyl groups excluding tert-OH is 1. The smallest absolute Gasteiger partial charge is 0.119 e. The van der Waals surface area contributed by atoms with Crippen molar-refractivity contribution < 1.29 is 9.84 Å².